The van der Waals surface area contributed by atoms with Crippen molar-refractivity contribution in [2.24, 2.45) is 5.10 Å². The van der Waals surface area contributed by atoms with E-state index in [0.29, 0.717) is 44.1 Å². The van der Waals surface area contributed by atoms with Gasteiger partial charge < -0.3 is 15.0 Å². The molecule has 2 heterocycles. The Labute approximate surface area is 211 Å². The van der Waals surface area contributed by atoms with Crippen LogP contribution in [0.25, 0.3) is 16.8 Å². The van der Waals surface area contributed by atoms with Gasteiger partial charge in [0.2, 0.25) is 17.8 Å². The number of nitrogens with zero attached hydrogens (tertiary/aromatic N) is 5. The van der Waals surface area contributed by atoms with Crippen molar-refractivity contribution in [2.75, 3.05) is 41.9 Å². The Morgan fingerprint density at radius 2 is 1.63 bits per heavy atom. The number of halogens is 1. The van der Waals surface area contributed by atoms with Crippen molar-refractivity contribution >= 4 is 62.5 Å². The van der Waals surface area contributed by atoms with E-state index >= 15 is 0 Å². The molecule has 9 heteroatoms. The maximum atomic E-state index is 5.48. The highest BCUT2D eigenvalue weighted by Crippen LogP contribution is 2.23. The van der Waals surface area contributed by atoms with E-state index in [1.165, 1.54) is 5.39 Å². The Morgan fingerprint density at radius 1 is 0.886 bits per heavy atom. The van der Waals surface area contributed by atoms with Gasteiger partial charge in [0, 0.05) is 23.3 Å². The van der Waals surface area contributed by atoms with E-state index in [-0.39, 0.29) is 0 Å². The number of benzene rings is 3. The first-order chi connectivity index (χ1) is 17.2. The third kappa shape index (κ3) is 6.20. The van der Waals surface area contributed by atoms with Crippen LogP contribution >= 0.6 is 15.9 Å². The summed E-state index contributed by atoms with van der Waals surface area (Å²) in [5.74, 6) is 1.36. The van der Waals surface area contributed by atoms with E-state index in [9.17, 15) is 0 Å². The van der Waals surface area contributed by atoms with Crippen LogP contribution in [0.4, 0.5) is 23.5 Å². The van der Waals surface area contributed by atoms with E-state index in [2.05, 4.69) is 75.9 Å². The molecule has 4 aromatic rings. The molecule has 0 bridgehead atoms. The summed E-state index contributed by atoms with van der Waals surface area (Å²) >= 11 is 3.53. The van der Waals surface area contributed by atoms with Gasteiger partial charge in [-0.2, -0.15) is 20.1 Å². The van der Waals surface area contributed by atoms with Crippen LogP contribution in [0.5, 0.6) is 0 Å². The summed E-state index contributed by atoms with van der Waals surface area (Å²) in [6.45, 7) is 2.70. The zero-order valence-corrected chi connectivity index (χ0v) is 20.5. The van der Waals surface area contributed by atoms with Crippen LogP contribution in [0, 0.1) is 0 Å². The van der Waals surface area contributed by atoms with Crippen LogP contribution in [0.2, 0.25) is 0 Å². The van der Waals surface area contributed by atoms with Gasteiger partial charge in [-0.15, -0.1) is 0 Å². The summed E-state index contributed by atoms with van der Waals surface area (Å²) in [5.41, 5.74) is 4.90. The maximum absolute atomic E-state index is 5.48. The quantitative estimate of drug-likeness (QED) is 0.243. The maximum Gasteiger partial charge on any atom is 0.250 e. The Balaban J connectivity index is 1.38. The Hall–Kier alpha value is -3.82. The topological polar surface area (TPSA) is 87.6 Å². The Kier molecular flexibility index (Phi) is 7.26. The Bertz CT molecular complexity index is 1350. The van der Waals surface area contributed by atoms with Crippen molar-refractivity contribution in [3.05, 3.63) is 82.8 Å². The smallest absolute Gasteiger partial charge is 0.250 e. The first-order valence-corrected chi connectivity index (χ1v) is 12.1. The van der Waals surface area contributed by atoms with E-state index in [0.717, 1.165) is 21.1 Å². The number of nitrogens with one attached hydrogen (secondary N) is 2. The monoisotopic (exact) mass is 529 g/mol. The van der Waals surface area contributed by atoms with Crippen molar-refractivity contribution in [1.82, 2.24) is 15.0 Å². The van der Waals surface area contributed by atoms with Crippen molar-refractivity contribution < 1.29 is 4.74 Å². The minimum atomic E-state index is 0.348. The van der Waals surface area contributed by atoms with Crippen molar-refractivity contribution in [1.29, 1.82) is 0 Å². The molecule has 5 rings (SSSR count). The molecule has 0 amide bonds. The Morgan fingerprint density at radius 3 is 2.46 bits per heavy atom. The fraction of sp³-hybridized carbons (Fsp3) is 0.154. The van der Waals surface area contributed by atoms with Gasteiger partial charge in [-0.05, 0) is 50.5 Å². The number of allylic oxidation sites excluding steroid dienone is 1. The van der Waals surface area contributed by atoms with Crippen LogP contribution in [0.3, 0.4) is 0 Å². The van der Waals surface area contributed by atoms with Crippen LogP contribution in [-0.2, 0) is 4.74 Å². The fourth-order valence-electron chi connectivity index (χ4n) is 3.67. The number of hydrazone groups is 1. The third-order valence-electron chi connectivity index (χ3n) is 5.38. The molecular weight excluding hydrogens is 506 g/mol. The molecule has 176 valence electrons. The molecule has 1 saturated heterocycles. The second-order valence-electron chi connectivity index (χ2n) is 7.88. The largest absolute Gasteiger partial charge is 0.378 e. The van der Waals surface area contributed by atoms with Crippen molar-refractivity contribution in [2.45, 2.75) is 0 Å². The third-order valence-corrected chi connectivity index (χ3v) is 5.81. The van der Waals surface area contributed by atoms with E-state index in [4.69, 9.17) is 4.74 Å². The van der Waals surface area contributed by atoms with E-state index < -0.39 is 0 Å². The van der Waals surface area contributed by atoms with Crippen LogP contribution in [0.15, 0.2) is 82.4 Å². The minimum Gasteiger partial charge on any atom is -0.378 e. The molecule has 2 N–H and O–H groups in total. The number of rotatable bonds is 7. The van der Waals surface area contributed by atoms with Gasteiger partial charge >= 0.3 is 0 Å². The van der Waals surface area contributed by atoms with Crippen LogP contribution in [-0.4, -0.2) is 47.5 Å². The molecular formula is C26H24BrN7O. The SMILES string of the molecule is BrC(C=NNc1nc(Nc2ccc3ccccc3c2)nc(N2CCOCC2)n1)=Cc1ccccc1. The van der Waals surface area contributed by atoms with Crippen molar-refractivity contribution in [3.8, 4) is 0 Å². The molecule has 1 aromatic heterocycles. The number of hydrogen-bond acceptors (Lipinski definition) is 8. The molecule has 1 aliphatic rings. The number of hydrogen-bond donors (Lipinski definition) is 2. The first-order valence-electron chi connectivity index (χ1n) is 11.3. The zero-order valence-electron chi connectivity index (χ0n) is 18.9. The molecule has 1 aliphatic heterocycles. The lowest BCUT2D eigenvalue weighted by Gasteiger charge is -2.27. The van der Waals surface area contributed by atoms with Crippen LogP contribution < -0.4 is 15.6 Å². The average Bonchev–Trinajstić information content (AvgIpc) is 2.89. The summed E-state index contributed by atoms with van der Waals surface area (Å²) in [4.78, 5) is 15.8. The number of ether oxygens (including phenoxy) is 1. The predicted molar refractivity (Wildman–Crippen MR) is 146 cm³/mol. The van der Waals surface area contributed by atoms with Crippen molar-refractivity contribution in [3.63, 3.8) is 0 Å². The summed E-state index contributed by atoms with van der Waals surface area (Å²) in [6, 6.07) is 24.4. The van der Waals surface area contributed by atoms with Gasteiger partial charge in [0.05, 0.1) is 19.4 Å². The van der Waals surface area contributed by atoms with E-state index in [1.807, 2.05) is 54.6 Å². The molecule has 0 radical (unpaired) electrons. The summed E-state index contributed by atoms with van der Waals surface area (Å²) in [5, 5.41) is 9.93. The van der Waals surface area contributed by atoms with Gasteiger partial charge in [-0.1, -0.05) is 60.7 Å². The number of fused-ring (bicyclic) bond motifs is 1. The molecule has 3 aromatic carbocycles. The first kappa shape index (κ1) is 22.9. The summed E-state index contributed by atoms with van der Waals surface area (Å²) in [7, 11) is 0. The second kappa shape index (κ2) is 11.1. The standard InChI is InChI=1S/C26H24BrN7O/c27-22(16-19-6-2-1-3-7-19)18-28-33-25-30-24(31-26(32-25)34-12-14-35-15-13-34)29-23-11-10-20-8-4-5-9-21(20)17-23/h1-11,16-18H,12-15H2,(H2,29,30,31,32,33). The highest BCUT2D eigenvalue weighted by molar-refractivity contribution is 9.12. The van der Waals surface area contributed by atoms with Gasteiger partial charge in [0.15, 0.2) is 0 Å². The molecule has 0 saturated carbocycles. The molecule has 0 aliphatic carbocycles. The lowest BCUT2D eigenvalue weighted by atomic mass is 10.1. The fourth-order valence-corrected chi connectivity index (χ4v) is 4.04. The lowest BCUT2D eigenvalue weighted by Crippen LogP contribution is -2.37. The summed E-state index contributed by atoms with van der Waals surface area (Å²) in [6.07, 6.45) is 3.64. The van der Waals surface area contributed by atoms with Gasteiger partial charge in [0.1, 0.15) is 0 Å². The average molecular weight is 530 g/mol. The molecule has 0 spiro atoms. The van der Waals surface area contributed by atoms with Gasteiger partial charge in [-0.3, -0.25) is 0 Å². The summed E-state index contributed by atoms with van der Waals surface area (Å²) < 4.78 is 6.29. The normalized spacial score (nSPS) is 14.4. The van der Waals surface area contributed by atoms with E-state index in [1.54, 1.807) is 6.21 Å². The number of anilines is 4. The molecule has 35 heavy (non-hydrogen) atoms. The number of morpholine rings is 1. The molecule has 0 atom stereocenters. The minimum absolute atomic E-state index is 0.348. The van der Waals surface area contributed by atoms with Crippen LogP contribution in [0.1, 0.15) is 5.56 Å². The molecule has 8 nitrogen and oxygen atoms in total. The highest BCUT2D eigenvalue weighted by Gasteiger charge is 2.17. The number of aromatic nitrogens is 3. The highest BCUT2D eigenvalue weighted by atomic mass is 79.9. The lowest BCUT2D eigenvalue weighted by molar-refractivity contribution is 0.122. The second-order valence-corrected chi connectivity index (χ2v) is 8.79. The molecule has 1 fully saturated rings. The zero-order chi connectivity index (χ0) is 23.9. The van der Waals surface area contributed by atoms with Gasteiger partial charge in [-0.25, -0.2) is 5.43 Å². The molecule has 0 unspecified atom stereocenters. The predicted octanol–water partition coefficient (Wildman–Crippen LogP) is 5.44. The van der Waals surface area contributed by atoms with Gasteiger partial charge in [0.25, 0.3) is 0 Å².